The van der Waals surface area contributed by atoms with E-state index in [9.17, 15) is 4.79 Å². The van der Waals surface area contributed by atoms with E-state index in [1.807, 2.05) is 35.9 Å². The van der Waals surface area contributed by atoms with Gasteiger partial charge in [-0.25, -0.2) is 4.98 Å². The van der Waals surface area contributed by atoms with Crippen LogP contribution in [0, 0.1) is 0 Å². The van der Waals surface area contributed by atoms with Crippen LogP contribution in [0.2, 0.25) is 0 Å². The third kappa shape index (κ3) is 3.07. The van der Waals surface area contributed by atoms with Gasteiger partial charge in [-0.1, -0.05) is 12.1 Å². The summed E-state index contributed by atoms with van der Waals surface area (Å²) in [5.74, 6) is 1.35. The van der Waals surface area contributed by atoms with E-state index in [2.05, 4.69) is 26.2 Å². The molecule has 1 heterocycles. The van der Waals surface area contributed by atoms with Crippen molar-refractivity contribution in [1.82, 2.24) is 14.9 Å². The molecule has 0 bridgehead atoms. The fourth-order valence-corrected chi connectivity index (χ4v) is 2.96. The van der Waals surface area contributed by atoms with Crippen LogP contribution in [0.15, 0.2) is 46.9 Å². The first kappa shape index (κ1) is 15.6. The van der Waals surface area contributed by atoms with Crippen molar-refractivity contribution in [1.29, 1.82) is 0 Å². The van der Waals surface area contributed by atoms with Crippen molar-refractivity contribution in [3.63, 3.8) is 0 Å². The summed E-state index contributed by atoms with van der Waals surface area (Å²) < 4.78 is 7.90. The van der Waals surface area contributed by atoms with Gasteiger partial charge in [-0.05, 0) is 46.3 Å². The van der Waals surface area contributed by atoms with Crippen molar-refractivity contribution >= 4 is 32.9 Å². The van der Waals surface area contributed by atoms with E-state index >= 15 is 0 Å². The molecule has 3 rings (SSSR count). The molecule has 0 saturated carbocycles. The number of rotatable bonds is 4. The Kier molecular flexibility index (Phi) is 4.34. The predicted octanol–water partition coefficient (Wildman–Crippen LogP) is 3.27. The molecule has 5 nitrogen and oxygen atoms in total. The van der Waals surface area contributed by atoms with Gasteiger partial charge in [0.2, 0.25) is 0 Å². The average molecular weight is 374 g/mol. The highest BCUT2D eigenvalue weighted by Gasteiger charge is 2.11. The Morgan fingerprint density at radius 3 is 2.78 bits per heavy atom. The molecule has 0 radical (unpaired) electrons. The van der Waals surface area contributed by atoms with Gasteiger partial charge in [-0.2, -0.15) is 0 Å². The van der Waals surface area contributed by atoms with E-state index in [-0.39, 0.29) is 5.91 Å². The smallest absolute Gasteiger partial charge is 0.251 e. The lowest BCUT2D eigenvalue weighted by Gasteiger charge is -2.08. The van der Waals surface area contributed by atoms with Gasteiger partial charge in [0.15, 0.2) is 0 Å². The van der Waals surface area contributed by atoms with Crippen LogP contribution < -0.4 is 10.1 Å². The lowest BCUT2D eigenvalue weighted by molar-refractivity contribution is 0.0949. The SMILES string of the molecule is COc1ccc(C(=O)NCc2nc3ccccc3n2C)cc1Br. The molecule has 0 aliphatic rings. The van der Waals surface area contributed by atoms with Crippen LogP contribution in [0.5, 0.6) is 5.75 Å². The Morgan fingerprint density at radius 2 is 2.09 bits per heavy atom. The highest BCUT2D eigenvalue weighted by atomic mass is 79.9. The number of amides is 1. The molecule has 1 aromatic heterocycles. The van der Waals surface area contributed by atoms with Gasteiger partial charge in [0.1, 0.15) is 11.6 Å². The number of nitrogens with zero attached hydrogens (tertiary/aromatic N) is 2. The van der Waals surface area contributed by atoms with Crippen molar-refractivity contribution in [2.75, 3.05) is 7.11 Å². The Hall–Kier alpha value is -2.34. The van der Waals surface area contributed by atoms with E-state index < -0.39 is 0 Å². The summed E-state index contributed by atoms with van der Waals surface area (Å²) in [7, 11) is 3.53. The number of para-hydroxylation sites is 2. The van der Waals surface area contributed by atoms with E-state index in [1.54, 1.807) is 25.3 Å². The number of methoxy groups -OCH3 is 1. The third-order valence-electron chi connectivity index (χ3n) is 3.70. The minimum atomic E-state index is -0.152. The summed E-state index contributed by atoms with van der Waals surface area (Å²) in [5.41, 5.74) is 2.53. The molecule has 118 valence electrons. The first-order chi connectivity index (χ1) is 11.1. The van der Waals surface area contributed by atoms with Crippen LogP contribution in [0.25, 0.3) is 11.0 Å². The maximum absolute atomic E-state index is 12.3. The maximum Gasteiger partial charge on any atom is 0.251 e. The Balaban J connectivity index is 1.75. The van der Waals surface area contributed by atoms with Crippen LogP contribution in [0.4, 0.5) is 0 Å². The van der Waals surface area contributed by atoms with Gasteiger partial charge in [0.05, 0.1) is 29.2 Å². The van der Waals surface area contributed by atoms with Crippen LogP contribution in [0.1, 0.15) is 16.2 Å². The summed E-state index contributed by atoms with van der Waals surface area (Å²) in [6, 6.07) is 13.1. The number of hydrogen-bond acceptors (Lipinski definition) is 3. The van der Waals surface area contributed by atoms with Crippen molar-refractivity contribution in [2.24, 2.45) is 7.05 Å². The number of fused-ring (bicyclic) bond motifs is 1. The molecular formula is C17H16BrN3O2. The number of imidazole rings is 1. The number of carbonyl (C=O) groups excluding carboxylic acids is 1. The molecule has 1 amide bonds. The molecule has 0 aliphatic heterocycles. The topological polar surface area (TPSA) is 56.1 Å². The van der Waals surface area contributed by atoms with E-state index in [1.165, 1.54) is 0 Å². The van der Waals surface area contributed by atoms with Gasteiger partial charge in [-0.3, -0.25) is 4.79 Å². The summed E-state index contributed by atoms with van der Waals surface area (Å²) >= 11 is 3.39. The normalized spacial score (nSPS) is 10.7. The monoisotopic (exact) mass is 373 g/mol. The molecule has 23 heavy (non-hydrogen) atoms. The first-order valence-corrected chi connectivity index (χ1v) is 7.91. The summed E-state index contributed by atoms with van der Waals surface area (Å²) in [4.78, 5) is 16.8. The van der Waals surface area contributed by atoms with Crippen LogP contribution in [0.3, 0.4) is 0 Å². The van der Waals surface area contributed by atoms with E-state index in [0.29, 0.717) is 17.9 Å². The zero-order chi connectivity index (χ0) is 16.4. The molecule has 0 fully saturated rings. The molecular weight excluding hydrogens is 358 g/mol. The van der Waals surface area contributed by atoms with E-state index in [4.69, 9.17) is 4.74 Å². The van der Waals surface area contributed by atoms with Crippen molar-refractivity contribution in [2.45, 2.75) is 6.54 Å². The molecule has 0 spiro atoms. The summed E-state index contributed by atoms with van der Waals surface area (Å²) in [5, 5.41) is 2.90. The number of halogens is 1. The lowest BCUT2D eigenvalue weighted by Crippen LogP contribution is -2.24. The van der Waals surface area contributed by atoms with Gasteiger partial charge >= 0.3 is 0 Å². The quantitative estimate of drug-likeness (QED) is 0.763. The molecule has 0 saturated heterocycles. The second-order valence-corrected chi connectivity index (χ2v) is 5.96. The number of aryl methyl sites for hydroxylation is 1. The average Bonchev–Trinajstić information content (AvgIpc) is 2.89. The number of ether oxygens (including phenoxy) is 1. The highest BCUT2D eigenvalue weighted by Crippen LogP contribution is 2.25. The number of carbonyl (C=O) groups is 1. The number of aromatic nitrogens is 2. The van der Waals surface area contributed by atoms with Crippen LogP contribution >= 0.6 is 15.9 Å². The molecule has 6 heteroatoms. The van der Waals surface area contributed by atoms with Crippen LogP contribution in [-0.2, 0) is 13.6 Å². The highest BCUT2D eigenvalue weighted by molar-refractivity contribution is 9.10. The molecule has 0 unspecified atom stereocenters. The first-order valence-electron chi connectivity index (χ1n) is 7.12. The fraction of sp³-hybridized carbons (Fsp3) is 0.176. The Morgan fingerprint density at radius 1 is 1.30 bits per heavy atom. The molecule has 0 aliphatic carbocycles. The van der Waals surface area contributed by atoms with Gasteiger partial charge in [0.25, 0.3) is 5.91 Å². The summed E-state index contributed by atoms with van der Waals surface area (Å²) in [6.45, 7) is 0.369. The van der Waals surface area contributed by atoms with Crippen molar-refractivity contribution in [3.8, 4) is 5.75 Å². The fourth-order valence-electron chi connectivity index (χ4n) is 2.42. The standard InChI is InChI=1S/C17H16BrN3O2/c1-21-14-6-4-3-5-13(14)20-16(21)10-19-17(22)11-7-8-15(23-2)12(18)9-11/h3-9H,10H2,1-2H3,(H,19,22). The lowest BCUT2D eigenvalue weighted by atomic mass is 10.2. The Labute approximate surface area is 142 Å². The van der Waals surface area contributed by atoms with Crippen molar-refractivity contribution in [3.05, 3.63) is 58.3 Å². The van der Waals surface area contributed by atoms with Gasteiger partial charge < -0.3 is 14.6 Å². The molecule has 1 N–H and O–H groups in total. The maximum atomic E-state index is 12.3. The minimum Gasteiger partial charge on any atom is -0.496 e. The minimum absolute atomic E-state index is 0.152. The van der Waals surface area contributed by atoms with Crippen molar-refractivity contribution < 1.29 is 9.53 Å². The second-order valence-electron chi connectivity index (χ2n) is 5.11. The molecule has 2 aromatic carbocycles. The van der Waals surface area contributed by atoms with Gasteiger partial charge in [0, 0.05) is 12.6 Å². The number of benzene rings is 2. The zero-order valence-electron chi connectivity index (χ0n) is 12.8. The molecule has 0 atom stereocenters. The Bertz CT molecular complexity index is 873. The number of nitrogens with one attached hydrogen (secondary N) is 1. The van der Waals surface area contributed by atoms with Crippen LogP contribution in [-0.4, -0.2) is 22.6 Å². The third-order valence-corrected chi connectivity index (χ3v) is 4.32. The second kappa shape index (κ2) is 6.42. The largest absolute Gasteiger partial charge is 0.496 e. The predicted molar refractivity (Wildman–Crippen MR) is 92.6 cm³/mol. The summed E-state index contributed by atoms with van der Waals surface area (Å²) in [6.07, 6.45) is 0. The zero-order valence-corrected chi connectivity index (χ0v) is 14.4. The van der Waals surface area contributed by atoms with E-state index in [0.717, 1.165) is 21.3 Å². The number of hydrogen-bond donors (Lipinski definition) is 1. The molecule has 3 aromatic rings. The van der Waals surface area contributed by atoms with Gasteiger partial charge in [-0.15, -0.1) is 0 Å².